The van der Waals surface area contributed by atoms with Gasteiger partial charge in [-0.2, -0.15) is 0 Å². The number of hydrogen-bond acceptors (Lipinski definition) is 1. The van der Waals surface area contributed by atoms with Gasteiger partial charge in [0, 0.05) is 49.0 Å². The highest BCUT2D eigenvalue weighted by atomic mass is 15.2. The molecule has 0 spiro atoms. The number of rotatable bonds is 1. The molecule has 0 unspecified atom stereocenters. The van der Waals surface area contributed by atoms with Crippen molar-refractivity contribution in [2.75, 3.05) is 31.1 Å². The van der Waals surface area contributed by atoms with Crippen molar-refractivity contribution in [2.24, 2.45) is 0 Å². The molecular weight excluding hydrogens is 186 g/mol. The lowest BCUT2D eigenvalue weighted by Gasteiger charge is -2.29. The van der Waals surface area contributed by atoms with Gasteiger partial charge in [-0.15, -0.1) is 0 Å². The van der Waals surface area contributed by atoms with Gasteiger partial charge in [0.15, 0.2) is 0 Å². The number of nitrogens with zero attached hydrogens (tertiary/aromatic N) is 2. The summed E-state index contributed by atoms with van der Waals surface area (Å²) in [6, 6.07) is 8.57. The van der Waals surface area contributed by atoms with E-state index in [1.165, 1.54) is 16.6 Å². The minimum atomic E-state index is 0.959. The highest BCUT2D eigenvalue weighted by Gasteiger charge is 2.13. The Hall–Kier alpha value is -1.48. The standard InChI is InChI=1S/C12H14N3/c1-2-11-10(4-5-14-11)12(3-1)15-8-6-13-7-9-15/h1-5,14H,6-9H2. The number of nitrogens with one attached hydrogen (secondary N) is 1. The van der Waals surface area contributed by atoms with Crippen LogP contribution in [-0.2, 0) is 0 Å². The molecule has 3 rings (SSSR count). The second kappa shape index (κ2) is 3.59. The Morgan fingerprint density at radius 1 is 1.13 bits per heavy atom. The molecule has 0 amide bonds. The van der Waals surface area contributed by atoms with Crippen LogP contribution in [0.5, 0.6) is 0 Å². The Morgan fingerprint density at radius 3 is 2.87 bits per heavy atom. The topological polar surface area (TPSA) is 33.1 Å². The number of benzene rings is 1. The Balaban J connectivity index is 2.05. The largest absolute Gasteiger partial charge is 0.368 e. The SMILES string of the molecule is c1cc(N2CC[N]CC2)c2cc[nH]c2c1. The summed E-state index contributed by atoms with van der Waals surface area (Å²) in [5.74, 6) is 0. The third kappa shape index (κ3) is 1.49. The number of anilines is 1. The van der Waals surface area contributed by atoms with Gasteiger partial charge in [-0.25, -0.2) is 5.32 Å². The molecule has 77 valence electrons. The first-order valence-electron chi connectivity index (χ1n) is 5.39. The van der Waals surface area contributed by atoms with Crippen LogP contribution in [0.15, 0.2) is 30.5 Å². The summed E-state index contributed by atoms with van der Waals surface area (Å²) < 4.78 is 0. The lowest BCUT2D eigenvalue weighted by atomic mass is 10.2. The first-order valence-corrected chi connectivity index (χ1v) is 5.39. The van der Waals surface area contributed by atoms with Crippen molar-refractivity contribution in [3.8, 4) is 0 Å². The van der Waals surface area contributed by atoms with E-state index in [1.807, 2.05) is 6.20 Å². The second-order valence-corrected chi connectivity index (χ2v) is 3.87. The fraction of sp³-hybridized carbons (Fsp3) is 0.333. The average Bonchev–Trinajstić information content (AvgIpc) is 2.78. The zero-order chi connectivity index (χ0) is 10.1. The van der Waals surface area contributed by atoms with Crippen LogP contribution in [0, 0.1) is 0 Å². The van der Waals surface area contributed by atoms with Gasteiger partial charge in [0.2, 0.25) is 0 Å². The van der Waals surface area contributed by atoms with Gasteiger partial charge in [0.05, 0.1) is 0 Å². The van der Waals surface area contributed by atoms with Crippen LogP contribution in [0.25, 0.3) is 10.9 Å². The van der Waals surface area contributed by atoms with Crippen molar-refractivity contribution < 1.29 is 0 Å². The van der Waals surface area contributed by atoms with Gasteiger partial charge in [-0.1, -0.05) is 6.07 Å². The lowest BCUT2D eigenvalue weighted by molar-refractivity contribution is 0.580. The van der Waals surface area contributed by atoms with E-state index in [0.717, 1.165) is 26.2 Å². The average molecular weight is 200 g/mol. The minimum absolute atomic E-state index is 0.959. The van der Waals surface area contributed by atoms with Crippen molar-refractivity contribution in [1.29, 1.82) is 0 Å². The fourth-order valence-corrected chi connectivity index (χ4v) is 2.19. The molecule has 1 fully saturated rings. The number of piperazine rings is 1. The first-order chi connectivity index (χ1) is 7.45. The van der Waals surface area contributed by atoms with E-state index in [0.29, 0.717) is 0 Å². The Kier molecular flexibility index (Phi) is 2.10. The van der Waals surface area contributed by atoms with Gasteiger partial charge >= 0.3 is 0 Å². The van der Waals surface area contributed by atoms with Crippen molar-refractivity contribution >= 4 is 16.6 Å². The van der Waals surface area contributed by atoms with Crippen molar-refractivity contribution in [2.45, 2.75) is 0 Å². The van der Waals surface area contributed by atoms with Gasteiger partial charge < -0.3 is 9.88 Å². The predicted octanol–water partition coefficient (Wildman–Crippen LogP) is 1.59. The van der Waals surface area contributed by atoms with E-state index in [-0.39, 0.29) is 0 Å². The van der Waals surface area contributed by atoms with Crippen LogP contribution in [-0.4, -0.2) is 31.2 Å². The molecule has 2 heterocycles. The highest BCUT2D eigenvalue weighted by molar-refractivity contribution is 5.92. The fourth-order valence-electron chi connectivity index (χ4n) is 2.19. The summed E-state index contributed by atoms with van der Waals surface area (Å²) in [4.78, 5) is 5.67. The van der Waals surface area contributed by atoms with E-state index in [4.69, 9.17) is 0 Å². The monoisotopic (exact) mass is 200 g/mol. The molecule has 3 heteroatoms. The molecule has 0 saturated carbocycles. The number of hydrogen-bond donors (Lipinski definition) is 1. The van der Waals surface area contributed by atoms with Crippen LogP contribution in [0.1, 0.15) is 0 Å². The molecule has 0 aliphatic carbocycles. The van der Waals surface area contributed by atoms with Gasteiger partial charge in [0.1, 0.15) is 0 Å². The Morgan fingerprint density at radius 2 is 2.00 bits per heavy atom. The summed E-state index contributed by atoms with van der Waals surface area (Å²) >= 11 is 0. The Labute approximate surface area is 89.1 Å². The van der Waals surface area contributed by atoms with Crippen molar-refractivity contribution in [3.63, 3.8) is 0 Å². The summed E-state index contributed by atoms with van der Waals surface area (Å²) in [5, 5.41) is 5.69. The number of H-pyrrole nitrogens is 1. The van der Waals surface area contributed by atoms with Crippen LogP contribution in [0.2, 0.25) is 0 Å². The van der Waals surface area contributed by atoms with E-state index in [1.54, 1.807) is 0 Å². The summed E-state index contributed by atoms with van der Waals surface area (Å²) in [7, 11) is 0. The lowest BCUT2D eigenvalue weighted by Crippen LogP contribution is -2.40. The molecule has 15 heavy (non-hydrogen) atoms. The van der Waals surface area contributed by atoms with Crippen LogP contribution >= 0.6 is 0 Å². The van der Waals surface area contributed by atoms with Gasteiger partial charge in [-0.05, 0) is 18.2 Å². The number of fused-ring (bicyclic) bond motifs is 1. The second-order valence-electron chi connectivity index (χ2n) is 3.87. The molecule has 1 aromatic carbocycles. The molecular formula is C12H14N3. The molecule has 0 atom stereocenters. The molecule has 2 aromatic rings. The summed E-state index contributed by atoms with van der Waals surface area (Å²) in [5.41, 5.74) is 2.55. The first kappa shape index (κ1) is 8.80. The maximum Gasteiger partial charge on any atom is 0.0474 e. The molecule has 0 bridgehead atoms. The van der Waals surface area contributed by atoms with E-state index in [9.17, 15) is 0 Å². The zero-order valence-corrected chi connectivity index (χ0v) is 8.61. The number of aromatic nitrogens is 1. The molecule has 1 N–H and O–H groups in total. The smallest absolute Gasteiger partial charge is 0.0474 e. The van der Waals surface area contributed by atoms with Crippen molar-refractivity contribution in [1.82, 2.24) is 10.3 Å². The van der Waals surface area contributed by atoms with Crippen LogP contribution in [0.4, 0.5) is 5.69 Å². The summed E-state index contributed by atoms with van der Waals surface area (Å²) in [6.45, 7) is 4.01. The predicted molar refractivity (Wildman–Crippen MR) is 62.4 cm³/mol. The third-order valence-electron chi connectivity index (χ3n) is 2.97. The maximum absolute atomic E-state index is 4.37. The molecule has 1 radical (unpaired) electrons. The van der Waals surface area contributed by atoms with E-state index in [2.05, 4.69) is 39.5 Å². The quantitative estimate of drug-likeness (QED) is 0.745. The maximum atomic E-state index is 4.37. The Bertz CT molecular complexity index is 455. The van der Waals surface area contributed by atoms with Crippen LogP contribution < -0.4 is 10.2 Å². The summed E-state index contributed by atoms with van der Waals surface area (Å²) in [6.07, 6.45) is 2.00. The van der Waals surface area contributed by atoms with Crippen molar-refractivity contribution in [3.05, 3.63) is 30.5 Å². The molecule has 1 aliphatic heterocycles. The van der Waals surface area contributed by atoms with Gasteiger partial charge in [0.25, 0.3) is 0 Å². The molecule has 1 aromatic heterocycles. The normalized spacial score (nSPS) is 17.2. The minimum Gasteiger partial charge on any atom is -0.368 e. The molecule has 1 aliphatic rings. The number of aromatic amines is 1. The zero-order valence-electron chi connectivity index (χ0n) is 8.61. The van der Waals surface area contributed by atoms with Gasteiger partial charge in [-0.3, -0.25) is 0 Å². The molecule has 1 saturated heterocycles. The molecule has 3 nitrogen and oxygen atoms in total. The van der Waals surface area contributed by atoms with E-state index >= 15 is 0 Å². The highest BCUT2D eigenvalue weighted by Crippen LogP contribution is 2.26. The van der Waals surface area contributed by atoms with Crippen LogP contribution in [0.3, 0.4) is 0 Å². The third-order valence-corrected chi connectivity index (χ3v) is 2.97. The van der Waals surface area contributed by atoms with E-state index < -0.39 is 0 Å².